The second-order valence-corrected chi connectivity index (χ2v) is 8.88. The molecule has 0 spiro atoms. The topological polar surface area (TPSA) is 75.3 Å². The van der Waals surface area contributed by atoms with Gasteiger partial charge in [0.05, 0.1) is 16.0 Å². The molecule has 0 aromatic heterocycles. The smallest absolute Gasteiger partial charge is 0.322 e. The summed E-state index contributed by atoms with van der Waals surface area (Å²) in [6.07, 6.45) is -9.31. The summed E-state index contributed by atoms with van der Waals surface area (Å²) < 4.78 is 105. The number of carbonyl (C=O) groups excluding carboxylic acids is 1. The molecule has 0 aliphatic carbocycles. The number of hydrogen-bond donors (Lipinski definition) is 2. The monoisotopic (exact) mass is 502 g/mol. The minimum Gasteiger partial charge on any atom is -0.322 e. The predicted octanol–water partition coefficient (Wildman–Crippen LogP) is 6.09. The molecule has 0 bridgehead atoms. The van der Waals surface area contributed by atoms with Crippen molar-refractivity contribution in [2.75, 3.05) is 10.0 Å². The molecule has 0 aliphatic heterocycles. The number of hydrogen-bond acceptors (Lipinski definition) is 3. The van der Waals surface area contributed by atoms with E-state index in [1.807, 2.05) is 4.72 Å². The molecule has 3 rings (SSSR count). The van der Waals surface area contributed by atoms with Crippen LogP contribution in [0.3, 0.4) is 0 Å². The van der Waals surface area contributed by atoms with Gasteiger partial charge in [0.25, 0.3) is 15.9 Å². The summed E-state index contributed by atoms with van der Waals surface area (Å²) in [7, 11) is -4.39. The van der Waals surface area contributed by atoms with E-state index < -0.39 is 44.3 Å². The molecule has 3 aromatic carbocycles. The Hall–Kier alpha value is -3.54. The number of alkyl halides is 6. The average Bonchev–Trinajstić information content (AvgIpc) is 2.72. The van der Waals surface area contributed by atoms with Gasteiger partial charge < -0.3 is 5.32 Å². The third-order valence-electron chi connectivity index (χ3n) is 4.65. The number of rotatable bonds is 5. The highest BCUT2D eigenvalue weighted by Gasteiger charge is 2.31. The fraction of sp³-hybridized carbons (Fsp3) is 0.136. The molecule has 0 unspecified atom stereocenters. The largest absolute Gasteiger partial charge is 0.416 e. The van der Waals surface area contributed by atoms with Crippen molar-refractivity contribution in [2.24, 2.45) is 0 Å². The van der Waals surface area contributed by atoms with Crippen LogP contribution in [-0.4, -0.2) is 14.3 Å². The Morgan fingerprint density at radius 3 is 1.85 bits per heavy atom. The van der Waals surface area contributed by atoms with Crippen molar-refractivity contribution in [3.8, 4) is 0 Å². The van der Waals surface area contributed by atoms with Crippen LogP contribution in [0.15, 0.2) is 71.6 Å². The van der Waals surface area contributed by atoms with E-state index in [1.54, 1.807) is 0 Å². The summed E-state index contributed by atoms with van der Waals surface area (Å²) in [4.78, 5) is 12.2. The molecular formula is C22H16F6N2O3S. The van der Waals surface area contributed by atoms with E-state index in [4.69, 9.17) is 0 Å². The molecule has 34 heavy (non-hydrogen) atoms. The highest BCUT2D eigenvalue weighted by atomic mass is 32.2. The van der Waals surface area contributed by atoms with Gasteiger partial charge >= 0.3 is 12.4 Å². The Bertz CT molecular complexity index is 1330. The zero-order valence-electron chi connectivity index (χ0n) is 17.3. The number of nitrogens with one attached hydrogen (secondary N) is 2. The van der Waals surface area contributed by atoms with Gasteiger partial charge in [0.2, 0.25) is 0 Å². The maximum absolute atomic E-state index is 12.9. The normalized spacial score (nSPS) is 12.3. The molecule has 0 fully saturated rings. The number of carbonyl (C=O) groups is 1. The van der Waals surface area contributed by atoms with Crippen molar-refractivity contribution in [1.29, 1.82) is 0 Å². The van der Waals surface area contributed by atoms with E-state index >= 15 is 0 Å². The van der Waals surface area contributed by atoms with Crippen molar-refractivity contribution in [3.63, 3.8) is 0 Å². The van der Waals surface area contributed by atoms with Crippen molar-refractivity contribution in [2.45, 2.75) is 24.2 Å². The van der Waals surface area contributed by atoms with Crippen LogP contribution in [0, 0.1) is 6.92 Å². The van der Waals surface area contributed by atoms with Crippen LogP contribution in [0.5, 0.6) is 0 Å². The Balaban J connectivity index is 1.88. The van der Waals surface area contributed by atoms with Gasteiger partial charge in [-0.2, -0.15) is 26.3 Å². The number of aryl methyl sites for hydroxylation is 1. The SMILES string of the molecule is Cc1ccc(S(=O)(=O)Nc2cccc(C(F)(F)F)c2)cc1C(=O)Nc1cccc(C(F)(F)F)c1. The maximum atomic E-state index is 12.9. The van der Waals surface area contributed by atoms with Crippen LogP contribution in [0.4, 0.5) is 37.7 Å². The lowest BCUT2D eigenvalue weighted by molar-refractivity contribution is -0.138. The first-order chi connectivity index (χ1) is 15.7. The molecule has 0 saturated heterocycles. The molecule has 12 heteroatoms. The van der Waals surface area contributed by atoms with Gasteiger partial charge in [0.15, 0.2) is 0 Å². The maximum Gasteiger partial charge on any atom is 0.416 e. The van der Waals surface area contributed by atoms with E-state index in [-0.39, 0.29) is 16.9 Å². The summed E-state index contributed by atoms with van der Waals surface area (Å²) in [6.45, 7) is 1.48. The summed E-state index contributed by atoms with van der Waals surface area (Å²) >= 11 is 0. The van der Waals surface area contributed by atoms with Gasteiger partial charge in [0, 0.05) is 16.9 Å². The van der Waals surface area contributed by atoms with Gasteiger partial charge in [-0.25, -0.2) is 8.42 Å². The number of sulfonamides is 1. The van der Waals surface area contributed by atoms with Crippen LogP contribution in [-0.2, 0) is 22.4 Å². The number of anilines is 2. The first kappa shape index (κ1) is 25.1. The van der Waals surface area contributed by atoms with E-state index in [0.717, 1.165) is 48.5 Å². The fourth-order valence-electron chi connectivity index (χ4n) is 2.96. The van der Waals surface area contributed by atoms with Crippen LogP contribution < -0.4 is 10.0 Å². The lowest BCUT2D eigenvalue weighted by Crippen LogP contribution is -2.17. The predicted molar refractivity (Wildman–Crippen MR) is 113 cm³/mol. The Labute approximate surface area is 190 Å². The molecule has 0 saturated carbocycles. The highest BCUT2D eigenvalue weighted by Crippen LogP contribution is 2.32. The Kier molecular flexibility index (Phi) is 6.65. The van der Waals surface area contributed by atoms with Crippen LogP contribution in [0.25, 0.3) is 0 Å². The standard InChI is InChI=1S/C22H16F6N2O3S/c1-13-8-9-18(34(32,33)30-17-7-3-5-15(11-17)22(26,27)28)12-19(13)20(31)29-16-6-2-4-14(10-16)21(23,24)25/h2-12,30H,1H3,(H,29,31). The first-order valence-corrected chi connectivity index (χ1v) is 10.9. The summed E-state index contributed by atoms with van der Waals surface area (Å²) in [5.74, 6) is -0.868. The molecule has 1 amide bonds. The Morgan fingerprint density at radius 1 is 0.765 bits per heavy atom. The lowest BCUT2D eigenvalue weighted by Gasteiger charge is -2.14. The average molecular weight is 502 g/mol. The summed E-state index contributed by atoms with van der Waals surface area (Å²) in [6, 6.07) is 10.9. The second kappa shape index (κ2) is 9.01. The van der Waals surface area contributed by atoms with Crippen LogP contribution in [0.1, 0.15) is 27.0 Å². The summed E-state index contributed by atoms with van der Waals surface area (Å²) in [5.41, 5.74) is -2.37. The molecule has 0 atom stereocenters. The third kappa shape index (κ3) is 5.87. The van der Waals surface area contributed by atoms with Gasteiger partial charge in [0.1, 0.15) is 0 Å². The Morgan fingerprint density at radius 2 is 1.29 bits per heavy atom. The molecule has 0 radical (unpaired) electrons. The minimum absolute atomic E-state index is 0.149. The highest BCUT2D eigenvalue weighted by molar-refractivity contribution is 7.92. The number of benzene rings is 3. The minimum atomic E-state index is -4.68. The second-order valence-electron chi connectivity index (χ2n) is 7.19. The first-order valence-electron chi connectivity index (χ1n) is 9.46. The zero-order chi connectivity index (χ0) is 25.3. The molecule has 5 nitrogen and oxygen atoms in total. The van der Waals surface area contributed by atoms with Crippen molar-refractivity contribution in [1.82, 2.24) is 0 Å². The molecule has 0 heterocycles. The van der Waals surface area contributed by atoms with E-state index in [1.165, 1.54) is 19.1 Å². The number of halogens is 6. The molecule has 3 aromatic rings. The van der Waals surface area contributed by atoms with E-state index in [9.17, 15) is 39.6 Å². The van der Waals surface area contributed by atoms with Crippen molar-refractivity contribution in [3.05, 3.63) is 89.0 Å². The summed E-state index contributed by atoms with van der Waals surface area (Å²) in [5, 5.41) is 2.28. The van der Waals surface area contributed by atoms with Crippen LogP contribution in [0.2, 0.25) is 0 Å². The molecular weight excluding hydrogens is 486 g/mol. The third-order valence-corrected chi connectivity index (χ3v) is 6.03. The molecule has 0 aliphatic rings. The van der Waals surface area contributed by atoms with Crippen LogP contribution >= 0.6 is 0 Å². The van der Waals surface area contributed by atoms with Gasteiger partial charge in [-0.15, -0.1) is 0 Å². The quantitative estimate of drug-likeness (QED) is 0.415. The van der Waals surface area contributed by atoms with Crippen molar-refractivity contribution < 1.29 is 39.6 Å². The molecule has 180 valence electrons. The van der Waals surface area contributed by atoms with Gasteiger partial charge in [-0.05, 0) is 61.0 Å². The van der Waals surface area contributed by atoms with Crippen molar-refractivity contribution >= 4 is 27.3 Å². The van der Waals surface area contributed by atoms with E-state index in [0.29, 0.717) is 11.6 Å². The van der Waals surface area contributed by atoms with Gasteiger partial charge in [-0.3, -0.25) is 9.52 Å². The fourth-order valence-corrected chi connectivity index (χ4v) is 4.03. The molecule has 2 N–H and O–H groups in total. The van der Waals surface area contributed by atoms with Gasteiger partial charge in [-0.1, -0.05) is 18.2 Å². The zero-order valence-corrected chi connectivity index (χ0v) is 18.1. The van der Waals surface area contributed by atoms with E-state index in [2.05, 4.69) is 5.32 Å². The lowest BCUT2D eigenvalue weighted by atomic mass is 10.1. The number of amides is 1.